The third kappa shape index (κ3) is 9.71. The van der Waals surface area contributed by atoms with E-state index in [0.717, 1.165) is 4.90 Å². The fourth-order valence-electron chi connectivity index (χ4n) is 2.71. The molecule has 1 fully saturated rings. The normalized spacial score (nSPS) is 15.7. The highest BCUT2D eigenvalue weighted by molar-refractivity contribution is 5.70. The number of hydrogen-bond donors (Lipinski definition) is 3. The average Bonchev–Trinajstić information content (AvgIpc) is 2.64. The fraction of sp³-hybridized carbons (Fsp3) is 0.650. The second-order valence-electron chi connectivity index (χ2n) is 8.23. The van der Waals surface area contributed by atoms with E-state index in [1.807, 2.05) is 0 Å². The second kappa shape index (κ2) is 11.6. The molecule has 1 rings (SSSR count). The van der Waals surface area contributed by atoms with Crippen LogP contribution in [0.5, 0.6) is 0 Å². The highest BCUT2D eigenvalue weighted by atomic mass is 16.6. The van der Waals surface area contributed by atoms with Crippen LogP contribution in [0.3, 0.4) is 0 Å². The van der Waals surface area contributed by atoms with Crippen molar-refractivity contribution >= 4 is 18.3 Å². The van der Waals surface area contributed by atoms with E-state index >= 15 is 0 Å². The molecule has 3 N–H and O–H groups in total. The minimum atomic E-state index is -1.39. The number of likely N-dealkylation sites (tertiary alicyclic amines) is 1. The van der Waals surface area contributed by atoms with Gasteiger partial charge in [-0.15, -0.1) is 0 Å². The second-order valence-corrected chi connectivity index (χ2v) is 8.23. The Morgan fingerprint density at radius 2 is 1.77 bits per heavy atom. The third-order valence-corrected chi connectivity index (χ3v) is 3.94. The summed E-state index contributed by atoms with van der Waals surface area (Å²) in [6.45, 7) is 11.3. The van der Waals surface area contributed by atoms with Crippen LogP contribution in [0.15, 0.2) is 25.3 Å². The molecule has 1 heterocycles. The van der Waals surface area contributed by atoms with Gasteiger partial charge in [0.25, 0.3) is 0 Å². The van der Waals surface area contributed by atoms with Gasteiger partial charge in [-0.05, 0) is 20.8 Å². The summed E-state index contributed by atoms with van der Waals surface area (Å²) in [5, 5.41) is 23.3. The van der Waals surface area contributed by atoms with E-state index in [9.17, 15) is 24.6 Å². The van der Waals surface area contributed by atoms with Gasteiger partial charge in [0.05, 0.1) is 32.3 Å². The van der Waals surface area contributed by atoms with Crippen molar-refractivity contribution in [1.82, 2.24) is 15.1 Å². The highest BCUT2D eigenvalue weighted by Crippen LogP contribution is 2.25. The van der Waals surface area contributed by atoms with Crippen molar-refractivity contribution in [2.45, 2.75) is 38.1 Å². The number of β-amino-alcohol motifs (C(OH)–C–C–N with tert-alkyl or cyclic N) is 1. The van der Waals surface area contributed by atoms with Crippen molar-refractivity contribution in [3.05, 3.63) is 25.3 Å². The van der Waals surface area contributed by atoms with Gasteiger partial charge in [0.2, 0.25) is 0 Å². The van der Waals surface area contributed by atoms with Crippen LogP contribution >= 0.6 is 0 Å². The molecule has 1 aliphatic rings. The van der Waals surface area contributed by atoms with Gasteiger partial charge in [-0.1, -0.05) is 25.3 Å². The van der Waals surface area contributed by atoms with Gasteiger partial charge in [-0.25, -0.2) is 14.4 Å². The van der Waals surface area contributed by atoms with Crippen LogP contribution in [0.2, 0.25) is 0 Å². The highest BCUT2D eigenvalue weighted by Gasteiger charge is 2.47. The molecule has 1 saturated heterocycles. The van der Waals surface area contributed by atoms with Crippen molar-refractivity contribution in [3.63, 3.8) is 0 Å². The summed E-state index contributed by atoms with van der Waals surface area (Å²) in [4.78, 5) is 38.3. The molecule has 0 unspecified atom stereocenters. The molecule has 0 aromatic carbocycles. The number of aliphatic hydroxyl groups is 2. The Morgan fingerprint density at radius 1 is 1.19 bits per heavy atom. The van der Waals surface area contributed by atoms with E-state index in [1.54, 1.807) is 20.8 Å². The number of ether oxygens (including phenoxy) is 3. The first kappa shape index (κ1) is 26.2. The predicted octanol–water partition coefficient (Wildman–Crippen LogP) is 0.866. The van der Waals surface area contributed by atoms with E-state index in [2.05, 4.69) is 18.5 Å². The van der Waals surface area contributed by atoms with Crippen molar-refractivity contribution in [2.75, 3.05) is 45.9 Å². The number of nitrogens with zero attached hydrogens (tertiary/aromatic N) is 2. The smallest absolute Gasteiger partial charge is 0.410 e. The quantitative estimate of drug-likeness (QED) is 0.334. The molecule has 0 aliphatic carbocycles. The minimum Gasteiger partial charge on any atom is -0.445 e. The lowest BCUT2D eigenvalue weighted by molar-refractivity contribution is -0.111. The maximum absolute atomic E-state index is 12.3. The van der Waals surface area contributed by atoms with Crippen LogP contribution in [0.25, 0.3) is 0 Å². The van der Waals surface area contributed by atoms with Gasteiger partial charge < -0.3 is 39.5 Å². The van der Waals surface area contributed by atoms with E-state index in [1.165, 1.54) is 17.1 Å². The molecule has 0 aromatic rings. The lowest BCUT2D eigenvalue weighted by atomic mass is 9.94. The molecule has 0 bridgehead atoms. The molecule has 0 saturated carbocycles. The third-order valence-electron chi connectivity index (χ3n) is 3.94. The Balaban J connectivity index is 2.65. The number of aliphatic hydroxyl groups excluding tert-OH is 1. The standard InChI is InChI=1S/C20H33N3O8/c1-6-8-29-16(25)21-10-15(24)11-22(17(26)30-9-7-2)12-20(28)13-23(14-20)18(27)31-19(3,4)5/h6-7,15,24,28H,1-2,8-14H2,3-5H3,(H,21,25)/t15-/m0/s1. The largest absolute Gasteiger partial charge is 0.445 e. The first-order valence-corrected chi connectivity index (χ1v) is 9.81. The van der Waals surface area contributed by atoms with Gasteiger partial charge in [0.1, 0.15) is 24.4 Å². The molecule has 11 heteroatoms. The number of hydrogen-bond acceptors (Lipinski definition) is 8. The SMILES string of the molecule is C=CCOC(=O)NC[C@H](O)CN(CC1(O)CN(C(=O)OC(C)(C)C)C1)C(=O)OCC=C. The van der Waals surface area contributed by atoms with Crippen molar-refractivity contribution in [2.24, 2.45) is 0 Å². The molecular formula is C20H33N3O8. The van der Waals surface area contributed by atoms with Gasteiger partial charge in [-0.3, -0.25) is 0 Å². The molecule has 176 valence electrons. The molecule has 31 heavy (non-hydrogen) atoms. The summed E-state index contributed by atoms with van der Waals surface area (Å²) in [6, 6.07) is 0. The van der Waals surface area contributed by atoms with E-state index in [0.29, 0.717) is 0 Å². The van der Waals surface area contributed by atoms with Gasteiger partial charge in [0, 0.05) is 6.54 Å². The zero-order valence-electron chi connectivity index (χ0n) is 18.3. The van der Waals surface area contributed by atoms with E-state index in [-0.39, 0.29) is 45.9 Å². The summed E-state index contributed by atoms with van der Waals surface area (Å²) < 4.78 is 15.0. The zero-order valence-corrected chi connectivity index (χ0v) is 18.3. The number of nitrogens with one attached hydrogen (secondary N) is 1. The summed E-state index contributed by atoms with van der Waals surface area (Å²) >= 11 is 0. The first-order valence-electron chi connectivity index (χ1n) is 9.81. The lowest BCUT2D eigenvalue weighted by Gasteiger charge is -2.48. The monoisotopic (exact) mass is 443 g/mol. The van der Waals surface area contributed by atoms with E-state index < -0.39 is 35.6 Å². The van der Waals surface area contributed by atoms with Crippen molar-refractivity contribution < 1.29 is 38.8 Å². The van der Waals surface area contributed by atoms with Crippen LogP contribution < -0.4 is 5.32 Å². The topological polar surface area (TPSA) is 138 Å². The molecule has 1 aliphatic heterocycles. The Bertz CT molecular complexity index is 655. The van der Waals surface area contributed by atoms with Crippen LogP contribution in [0.1, 0.15) is 20.8 Å². The maximum atomic E-state index is 12.3. The molecule has 0 spiro atoms. The molecule has 0 aromatic heterocycles. The predicted molar refractivity (Wildman–Crippen MR) is 111 cm³/mol. The summed E-state index contributed by atoms with van der Waals surface area (Å²) in [6.07, 6.45) is -0.472. The minimum absolute atomic E-state index is 0.0170. The Labute approximate surface area is 182 Å². The fourth-order valence-corrected chi connectivity index (χ4v) is 2.71. The van der Waals surface area contributed by atoms with Crippen LogP contribution in [-0.2, 0) is 14.2 Å². The molecule has 1 atom stereocenters. The Hall–Kier alpha value is -2.79. The number of alkyl carbamates (subject to hydrolysis) is 1. The van der Waals surface area contributed by atoms with Crippen LogP contribution in [0.4, 0.5) is 14.4 Å². The van der Waals surface area contributed by atoms with Gasteiger partial charge in [-0.2, -0.15) is 0 Å². The van der Waals surface area contributed by atoms with Gasteiger partial charge >= 0.3 is 18.3 Å². The summed E-state index contributed by atoms with van der Waals surface area (Å²) in [5.41, 5.74) is -2.06. The molecule has 11 nitrogen and oxygen atoms in total. The zero-order chi connectivity index (χ0) is 23.7. The average molecular weight is 443 g/mol. The van der Waals surface area contributed by atoms with Crippen molar-refractivity contribution in [1.29, 1.82) is 0 Å². The van der Waals surface area contributed by atoms with Gasteiger partial charge in [0.15, 0.2) is 0 Å². The number of carbonyl (C=O) groups is 3. The Kier molecular flexibility index (Phi) is 9.79. The van der Waals surface area contributed by atoms with Crippen LogP contribution in [-0.4, -0.2) is 102 Å². The maximum Gasteiger partial charge on any atom is 0.410 e. The lowest BCUT2D eigenvalue weighted by Crippen LogP contribution is -2.68. The number of rotatable bonds is 10. The first-order chi connectivity index (χ1) is 14.4. The van der Waals surface area contributed by atoms with Crippen LogP contribution in [0, 0.1) is 0 Å². The Morgan fingerprint density at radius 3 is 2.32 bits per heavy atom. The molecule has 0 radical (unpaired) electrons. The summed E-state index contributed by atoms with van der Waals surface area (Å²) in [5.74, 6) is 0. The molecule has 3 amide bonds. The van der Waals surface area contributed by atoms with Crippen molar-refractivity contribution in [3.8, 4) is 0 Å². The number of amides is 3. The summed E-state index contributed by atoms with van der Waals surface area (Å²) in [7, 11) is 0. The number of carbonyl (C=O) groups excluding carboxylic acids is 3. The molecular weight excluding hydrogens is 410 g/mol. The van der Waals surface area contributed by atoms with E-state index in [4.69, 9.17) is 14.2 Å².